The number of anilines is 1. The summed E-state index contributed by atoms with van der Waals surface area (Å²) in [4.78, 5) is 39.5. The number of aryl methyl sites for hydroxylation is 2. The van der Waals surface area contributed by atoms with Gasteiger partial charge in [-0.25, -0.2) is 4.79 Å². The average Bonchev–Trinajstić information content (AvgIpc) is 3.55. The van der Waals surface area contributed by atoms with Gasteiger partial charge in [0.15, 0.2) is 0 Å². The lowest BCUT2D eigenvalue weighted by molar-refractivity contribution is 0.0920. The van der Waals surface area contributed by atoms with Crippen molar-refractivity contribution in [1.82, 2.24) is 9.88 Å². The van der Waals surface area contributed by atoms with Crippen molar-refractivity contribution in [3.05, 3.63) is 79.4 Å². The highest BCUT2D eigenvalue weighted by Gasteiger charge is 2.33. The lowest BCUT2D eigenvalue weighted by Crippen LogP contribution is -2.34. The second-order valence-electron chi connectivity index (χ2n) is 9.47. The molecule has 2 amide bonds. The molecular formula is C30H38ClN3O5S. The lowest BCUT2D eigenvalue weighted by Gasteiger charge is -2.17. The van der Waals surface area contributed by atoms with E-state index in [0.717, 1.165) is 55.7 Å². The van der Waals surface area contributed by atoms with Crippen LogP contribution < -0.4 is 15.8 Å². The Bertz CT molecular complexity index is 1330. The van der Waals surface area contributed by atoms with Crippen molar-refractivity contribution in [2.45, 2.75) is 59.5 Å². The summed E-state index contributed by atoms with van der Waals surface area (Å²) in [6.07, 6.45) is 4.73. The zero-order valence-corrected chi connectivity index (χ0v) is 25.1. The number of pyridine rings is 1. The normalized spacial score (nSPS) is 14.5. The first-order valence-electron chi connectivity index (χ1n) is 13.7. The number of thiophene rings is 1. The third-order valence-corrected chi connectivity index (χ3v) is 7.39. The summed E-state index contributed by atoms with van der Waals surface area (Å²) in [6.45, 7) is 10.6. The van der Waals surface area contributed by atoms with Crippen LogP contribution in [0.3, 0.4) is 0 Å². The van der Waals surface area contributed by atoms with Gasteiger partial charge in [0, 0.05) is 30.7 Å². The first kappa shape index (κ1) is 31.4. The summed E-state index contributed by atoms with van der Waals surface area (Å²) < 4.78 is 12.7. The van der Waals surface area contributed by atoms with Crippen LogP contribution in [0, 0.1) is 6.92 Å². The summed E-state index contributed by atoms with van der Waals surface area (Å²) in [5.74, 6) is -0.252. The lowest BCUT2D eigenvalue weighted by atomic mass is 10.1. The smallest absolute Gasteiger partial charge is 0.414 e. The number of aromatic nitrogens is 1. The Balaban J connectivity index is 0.000000559. The summed E-state index contributed by atoms with van der Waals surface area (Å²) in [5, 5.41) is 2.78. The standard InChI is InChI=1S/C24H24ClN3O4S.C6H14O/c1-3-5-16-6-4-11-27(23(16)30)19-8-7-17(12-15(19)2)28-14-18(32-24(28)31)13-26-22(29)20-9-10-21(25)33-20;1-3-5-7-6-4-2/h4,6-12,18H,3,5,13-14H2,1-2H3,(H,26,29);3-6H2,1-2H3. The molecule has 0 aliphatic carbocycles. The maximum Gasteiger partial charge on any atom is 0.414 e. The van der Waals surface area contributed by atoms with E-state index in [9.17, 15) is 14.4 Å². The number of rotatable bonds is 11. The van der Waals surface area contributed by atoms with Gasteiger partial charge in [-0.3, -0.25) is 19.1 Å². The largest absolute Gasteiger partial charge is 0.442 e. The van der Waals surface area contributed by atoms with E-state index >= 15 is 0 Å². The molecule has 0 radical (unpaired) electrons. The summed E-state index contributed by atoms with van der Waals surface area (Å²) in [6, 6.07) is 12.6. The number of nitrogens with zero attached hydrogens (tertiary/aromatic N) is 2. The Morgan fingerprint density at radius 1 is 1.10 bits per heavy atom. The van der Waals surface area contributed by atoms with Gasteiger partial charge in [0.25, 0.3) is 11.5 Å². The van der Waals surface area contributed by atoms with Crippen LogP contribution in [0.15, 0.2) is 53.5 Å². The molecule has 8 nitrogen and oxygen atoms in total. The maximum absolute atomic E-state index is 12.8. The SMILES string of the molecule is CCCOCCC.CCCc1cccn(-c2ccc(N3CC(CNC(=O)c4ccc(Cl)s4)OC3=O)cc2C)c1=O. The molecule has 1 atom stereocenters. The fraction of sp³-hybridized carbons (Fsp3) is 0.433. The Labute approximate surface area is 244 Å². The highest BCUT2D eigenvalue weighted by atomic mass is 35.5. The van der Waals surface area contributed by atoms with E-state index in [1.54, 1.807) is 29.0 Å². The van der Waals surface area contributed by atoms with Crippen LogP contribution in [-0.4, -0.2) is 49.0 Å². The topological polar surface area (TPSA) is 89.9 Å². The fourth-order valence-corrected chi connectivity index (χ4v) is 5.18. The Kier molecular flexibility index (Phi) is 12.2. The fourth-order valence-electron chi connectivity index (χ4n) is 4.23. The molecule has 1 unspecified atom stereocenters. The number of hydrogen-bond acceptors (Lipinski definition) is 6. The molecule has 1 aromatic carbocycles. The van der Waals surface area contributed by atoms with Crippen LogP contribution in [0.25, 0.3) is 5.69 Å². The molecule has 10 heteroatoms. The quantitative estimate of drug-likeness (QED) is 0.263. The maximum atomic E-state index is 12.8. The molecule has 0 saturated carbocycles. The molecule has 1 aliphatic rings. The number of hydrogen-bond donors (Lipinski definition) is 1. The minimum atomic E-state index is -0.470. The predicted octanol–water partition coefficient (Wildman–Crippen LogP) is 6.39. The monoisotopic (exact) mass is 587 g/mol. The number of nitrogens with one attached hydrogen (secondary N) is 1. The zero-order valence-electron chi connectivity index (χ0n) is 23.6. The van der Waals surface area contributed by atoms with Gasteiger partial charge in [0.2, 0.25) is 0 Å². The van der Waals surface area contributed by atoms with E-state index in [1.165, 1.54) is 16.2 Å². The molecule has 1 fully saturated rings. The highest BCUT2D eigenvalue weighted by Crippen LogP contribution is 2.26. The first-order chi connectivity index (χ1) is 19.3. The second kappa shape index (κ2) is 15.6. The summed E-state index contributed by atoms with van der Waals surface area (Å²) in [5.41, 5.74) is 3.06. The minimum Gasteiger partial charge on any atom is -0.442 e. The van der Waals surface area contributed by atoms with Gasteiger partial charge >= 0.3 is 6.09 Å². The molecule has 1 saturated heterocycles. The number of cyclic esters (lactones) is 1. The van der Waals surface area contributed by atoms with E-state index in [-0.39, 0.29) is 18.0 Å². The van der Waals surface area contributed by atoms with Crippen LogP contribution in [0.4, 0.5) is 10.5 Å². The van der Waals surface area contributed by atoms with Gasteiger partial charge in [-0.2, -0.15) is 0 Å². The van der Waals surface area contributed by atoms with Gasteiger partial charge in [0.1, 0.15) is 6.10 Å². The van der Waals surface area contributed by atoms with Gasteiger partial charge in [-0.05, 0) is 68.1 Å². The Morgan fingerprint density at radius 2 is 1.85 bits per heavy atom. The number of carbonyl (C=O) groups excluding carboxylic acids is 2. The number of amides is 2. The molecule has 40 heavy (non-hydrogen) atoms. The second-order valence-corrected chi connectivity index (χ2v) is 11.2. The summed E-state index contributed by atoms with van der Waals surface area (Å²) in [7, 11) is 0. The van der Waals surface area contributed by atoms with Crippen LogP contribution in [-0.2, 0) is 15.9 Å². The van der Waals surface area contributed by atoms with E-state index in [0.29, 0.717) is 21.4 Å². The van der Waals surface area contributed by atoms with Crippen molar-refractivity contribution in [3.8, 4) is 5.69 Å². The van der Waals surface area contributed by atoms with Crippen LogP contribution in [0.1, 0.15) is 60.8 Å². The van der Waals surface area contributed by atoms with E-state index in [4.69, 9.17) is 21.1 Å². The first-order valence-corrected chi connectivity index (χ1v) is 14.9. The van der Waals surface area contributed by atoms with Crippen LogP contribution >= 0.6 is 22.9 Å². The zero-order chi connectivity index (χ0) is 29.1. The Morgan fingerprint density at radius 3 is 2.48 bits per heavy atom. The summed E-state index contributed by atoms with van der Waals surface area (Å²) >= 11 is 7.07. The van der Waals surface area contributed by atoms with Crippen molar-refractivity contribution >= 4 is 40.6 Å². The number of benzene rings is 1. The van der Waals surface area contributed by atoms with Crippen molar-refractivity contribution in [3.63, 3.8) is 0 Å². The third-order valence-electron chi connectivity index (χ3n) is 6.16. The molecule has 216 valence electrons. The molecule has 0 spiro atoms. The van der Waals surface area contributed by atoms with Crippen molar-refractivity contribution in [2.75, 3.05) is 31.2 Å². The molecule has 1 N–H and O–H groups in total. The molecule has 3 heterocycles. The van der Waals surface area contributed by atoms with Gasteiger partial charge in [-0.15, -0.1) is 11.3 Å². The third kappa shape index (κ3) is 8.43. The molecule has 1 aliphatic heterocycles. The highest BCUT2D eigenvalue weighted by molar-refractivity contribution is 7.18. The van der Waals surface area contributed by atoms with Crippen molar-refractivity contribution < 1.29 is 19.1 Å². The van der Waals surface area contributed by atoms with Gasteiger partial charge in [0.05, 0.1) is 28.0 Å². The number of halogens is 1. The van der Waals surface area contributed by atoms with E-state index in [1.807, 2.05) is 38.1 Å². The van der Waals surface area contributed by atoms with Crippen LogP contribution in [0.2, 0.25) is 4.34 Å². The number of ether oxygens (including phenoxy) is 2. The molecule has 3 aromatic rings. The van der Waals surface area contributed by atoms with Gasteiger partial charge in [-0.1, -0.05) is 44.9 Å². The Hall–Kier alpha value is -3.14. The number of carbonyl (C=O) groups is 2. The van der Waals surface area contributed by atoms with Gasteiger partial charge < -0.3 is 14.8 Å². The van der Waals surface area contributed by atoms with Crippen molar-refractivity contribution in [2.24, 2.45) is 0 Å². The van der Waals surface area contributed by atoms with E-state index < -0.39 is 12.2 Å². The average molecular weight is 588 g/mol. The van der Waals surface area contributed by atoms with E-state index in [2.05, 4.69) is 19.2 Å². The predicted molar refractivity (Wildman–Crippen MR) is 161 cm³/mol. The molecule has 4 rings (SSSR count). The van der Waals surface area contributed by atoms with Crippen LogP contribution in [0.5, 0.6) is 0 Å². The van der Waals surface area contributed by atoms with Crippen molar-refractivity contribution in [1.29, 1.82) is 0 Å². The molecule has 0 bridgehead atoms. The molecule has 2 aromatic heterocycles. The minimum absolute atomic E-state index is 0.0291. The molecular weight excluding hydrogens is 550 g/mol.